The van der Waals surface area contributed by atoms with Crippen molar-refractivity contribution in [2.45, 2.75) is 33.4 Å². The largest absolute Gasteiger partial charge is 0.357 e. The normalized spacial score (nSPS) is 12.2. The molecule has 2 aromatic rings. The van der Waals surface area contributed by atoms with Crippen LogP contribution in [0.2, 0.25) is 0 Å². The molecule has 0 heterocycles. The van der Waals surface area contributed by atoms with Gasteiger partial charge in [0.05, 0.1) is 11.9 Å². The van der Waals surface area contributed by atoms with E-state index in [2.05, 4.69) is 5.32 Å². The Hall–Kier alpha value is -2.94. The van der Waals surface area contributed by atoms with Crippen LogP contribution in [0.5, 0.6) is 0 Å². The molecule has 2 amide bonds. The summed E-state index contributed by atoms with van der Waals surface area (Å²) in [7, 11) is -2.37. The summed E-state index contributed by atoms with van der Waals surface area (Å²) in [5.74, 6) is -1.58. The van der Waals surface area contributed by atoms with Gasteiger partial charge in [-0.1, -0.05) is 30.3 Å². The van der Waals surface area contributed by atoms with Crippen LogP contribution < -0.4 is 9.62 Å². The predicted octanol–water partition coefficient (Wildman–Crippen LogP) is 2.37. The fourth-order valence-corrected chi connectivity index (χ4v) is 4.10. The Kier molecular flexibility index (Phi) is 7.78. The van der Waals surface area contributed by atoms with Gasteiger partial charge in [-0.05, 0) is 44.0 Å². The fraction of sp³-hybridized carbons (Fsp3) is 0.364. The molecule has 0 fully saturated rings. The number of benzene rings is 2. The first-order chi connectivity index (χ1) is 14.5. The van der Waals surface area contributed by atoms with E-state index >= 15 is 0 Å². The number of hydrogen-bond acceptors (Lipinski definition) is 4. The third-order valence-corrected chi connectivity index (χ3v) is 6.36. The second kappa shape index (κ2) is 9.91. The van der Waals surface area contributed by atoms with Gasteiger partial charge in [0, 0.05) is 19.2 Å². The van der Waals surface area contributed by atoms with Crippen LogP contribution in [-0.2, 0) is 26.2 Å². The van der Waals surface area contributed by atoms with Gasteiger partial charge in [-0.3, -0.25) is 13.9 Å². The molecule has 0 aliphatic rings. The van der Waals surface area contributed by atoms with Crippen molar-refractivity contribution in [3.05, 3.63) is 65.0 Å². The molecule has 0 saturated carbocycles. The highest BCUT2D eigenvalue weighted by Crippen LogP contribution is 2.25. The summed E-state index contributed by atoms with van der Waals surface area (Å²) in [4.78, 5) is 26.7. The Morgan fingerprint density at radius 1 is 1.10 bits per heavy atom. The molecular weight excluding hydrogens is 421 g/mol. The molecule has 0 aliphatic heterocycles. The van der Waals surface area contributed by atoms with Crippen LogP contribution >= 0.6 is 0 Å². The summed E-state index contributed by atoms with van der Waals surface area (Å²) in [5, 5.41) is 2.47. The first kappa shape index (κ1) is 24.3. The SMILES string of the molecule is CNC(=O)C(C)N(Cc1ccccc1F)C(=O)CN(c1cccc(C)c1C)S(C)(=O)=O. The van der Waals surface area contributed by atoms with Gasteiger partial charge in [0.1, 0.15) is 18.4 Å². The van der Waals surface area contributed by atoms with Crippen LogP contribution in [0.3, 0.4) is 0 Å². The second-order valence-corrected chi connectivity index (χ2v) is 9.30. The van der Waals surface area contributed by atoms with Gasteiger partial charge < -0.3 is 10.2 Å². The number of anilines is 1. The van der Waals surface area contributed by atoms with Crippen LogP contribution in [0.15, 0.2) is 42.5 Å². The van der Waals surface area contributed by atoms with E-state index in [0.717, 1.165) is 21.7 Å². The van der Waals surface area contributed by atoms with Crippen molar-refractivity contribution in [3.8, 4) is 0 Å². The Morgan fingerprint density at radius 2 is 1.74 bits per heavy atom. The van der Waals surface area contributed by atoms with E-state index in [1.54, 1.807) is 25.1 Å². The van der Waals surface area contributed by atoms with Gasteiger partial charge in [0.25, 0.3) is 0 Å². The summed E-state index contributed by atoms with van der Waals surface area (Å²) in [6, 6.07) is 10.2. The number of nitrogens with one attached hydrogen (secondary N) is 1. The number of nitrogens with zero attached hydrogens (tertiary/aromatic N) is 2. The van der Waals surface area contributed by atoms with E-state index in [9.17, 15) is 22.4 Å². The summed E-state index contributed by atoms with van der Waals surface area (Å²) in [5.41, 5.74) is 2.21. The van der Waals surface area contributed by atoms with Crippen LogP contribution in [0.4, 0.5) is 10.1 Å². The molecule has 31 heavy (non-hydrogen) atoms. The molecule has 0 aliphatic carbocycles. The van der Waals surface area contributed by atoms with E-state index in [1.807, 2.05) is 13.0 Å². The summed E-state index contributed by atoms with van der Waals surface area (Å²) in [6.07, 6.45) is 1.02. The fourth-order valence-electron chi connectivity index (χ4n) is 3.20. The minimum Gasteiger partial charge on any atom is -0.357 e. The number of sulfonamides is 1. The molecule has 1 N–H and O–H groups in total. The molecule has 2 aromatic carbocycles. The van der Waals surface area contributed by atoms with Crippen LogP contribution in [0.1, 0.15) is 23.6 Å². The lowest BCUT2D eigenvalue weighted by Gasteiger charge is -2.31. The van der Waals surface area contributed by atoms with Gasteiger partial charge in [-0.15, -0.1) is 0 Å². The van der Waals surface area contributed by atoms with Crippen molar-refractivity contribution in [2.75, 3.05) is 24.2 Å². The first-order valence-corrected chi connectivity index (χ1v) is 11.6. The number of carbonyl (C=O) groups is 2. The maximum absolute atomic E-state index is 14.2. The smallest absolute Gasteiger partial charge is 0.244 e. The molecule has 0 radical (unpaired) electrons. The van der Waals surface area contributed by atoms with Crippen molar-refractivity contribution < 1.29 is 22.4 Å². The molecule has 7 nitrogen and oxygen atoms in total. The Morgan fingerprint density at radius 3 is 2.32 bits per heavy atom. The van der Waals surface area contributed by atoms with Gasteiger partial charge >= 0.3 is 0 Å². The van der Waals surface area contributed by atoms with E-state index in [1.165, 1.54) is 37.1 Å². The van der Waals surface area contributed by atoms with Crippen molar-refractivity contribution in [1.82, 2.24) is 10.2 Å². The number of aryl methyl sites for hydroxylation is 1. The average molecular weight is 450 g/mol. The number of halogens is 1. The maximum atomic E-state index is 14.2. The Labute approximate surface area is 182 Å². The minimum atomic E-state index is -3.81. The minimum absolute atomic E-state index is 0.176. The van der Waals surface area contributed by atoms with Crippen molar-refractivity contribution in [3.63, 3.8) is 0 Å². The molecule has 0 bridgehead atoms. The average Bonchev–Trinajstić information content (AvgIpc) is 2.71. The molecule has 168 valence electrons. The highest BCUT2D eigenvalue weighted by atomic mass is 32.2. The lowest BCUT2D eigenvalue weighted by Crippen LogP contribution is -2.50. The molecule has 1 unspecified atom stereocenters. The Bertz CT molecular complexity index is 1070. The number of hydrogen-bond donors (Lipinski definition) is 1. The molecule has 0 spiro atoms. The first-order valence-electron chi connectivity index (χ1n) is 9.75. The highest BCUT2D eigenvalue weighted by Gasteiger charge is 2.30. The third kappa shape index (κ3) is 5.81. The predicted molar refractivity (Wildman–Crippen MR) is 119 cm³/mol. The van der Waals surface area contributed by atoms with Crippen LogP contribution in [0, 0.1) is 19.7 Å². The molecular formula is C22H28FN3O4S. The maximum Gasteiger partial charge on any atom is 0.244 e. The second-order valence-electron chi connectivity index (χ2n) is 7.39. The van der Waals surface area contributed by atoms with Gasteiger partial charge in [-0.2, -0.15) is 0 Å². The van der Waals surface area contributed by atoms with E-state index in [4.69, 9.17) is 0 Å². The van der Waals surface area contributed by atoms with Gasteiger partial charge in [-0.25, -0.2) is 12.8 Å². The number of rotatable bonds is 8. The standard InChI is InChI=1S/C22H28FN3O4S/c1-15-9-8-12-20(16(15)2)26(31(5,29)30)14-21(27)25(17(3)22(28)24-4)13-18-10-6-7-11-19(18)23/h6-12,17H,13-14H2,1-5H3,(H,24,28). The topological polar surface area (TPSA) is 86.8 Å². The molecule has 0 aromatic heterocycles. The lowest BCUT2D eigenvalue weighted by molar-refractivity contribution is -0.139. The highest BCUT2D eigenvalue weighted by molar-refractivity contribution is 7.92. The molecule has 0 saturated heterocycles. The molecule has 9 heteroatoms. The summed E-state index contributed by atoms with van der Waals surface area (Å²) < 4.78 is 40.3. The van der Waals surface area contributed by atoms with Crippen molar-refractivity contribution in [2.24, 2.45) is 0 Å². The van der Waals surface area contributed by atoms with Gasteiger partial charge in [0.2, 0.25) is 21.8 Å². The van der Waals surface area contributed by atoms with Crippen molar-refractivity contribution in [1.29, 1.82) is 0 Å². The van der Waals surface area contributed by atoms with Gasteiger partial charge in [0.15, 0.2) is 0 Å². The zero-order valence-corrected chi connectivity index (χ0v) is 19.2. The molecule has 1 atom stereocenters. The zero-order chi connectivity index (χ0) is 23.3. The number of carbonyl (C=O) groups excluding carboxylic acids is 2. The third-order valence-electron chi connectivity index (χ3n) is 5.24. The lowest BCUT2D eigenvalue weighted by atomic mass is 10.1. The molecule has 2 rings (SSSR count). The Balaban J connectivity index is 2.45. The summed E-state index contributed by atoms with van der Waals surface area (Å²) >= 11 is 0. The summed E-state index contributed by atoms with van der Waals surface area (Å²) in [6.45, 7) is 4.44. The quantitative estimate of drug-likeness (QED) is 0.670. The van der Waals surface area contributed by atoms with E-state index in [-0.39, 0.29) is 12.1 Å². The van der Waals surface area contributed by atoms with Crippen LogP contribution in [-0.4, -0.2) is 51.0 Å². The van der Waals surface area contributed by atoms with E-state index < -0.39 is 40.2 Å². The van der Waals surface area contributed by atoms with Crippen LogP contribution in [0.25, 0.3) is 0 Å². The zero-order valence-electron chi connectivity index (χ0n) is 18.3. The van der Waals surface area contributed by atoms with E-state index in [0.29, 0.717) is 5.69 Å². The monoisotopic (exact) mass is 449 g/mol. The van der Waals surface area contributed by atoms with Crippen molar-refractivity contribution >= 4 is 27.5 Å². The number of amides is 2. The number of likely N-dealkylation sites (N-methyl/N-ethyl adjacent to an activating group) is 1.